The van der Waals surface area contributed by atoms with Crippen molar-refractivity contribution in [2.75, 3.05) is 0 Å². The third kappa shape index (κ3) is 2.81. The molecule has 2 aromatic rings. The molecular weight excluding hydrogens is 284 g/mol. The number of fused-ring (bicyclic) bond motifs is 1. The van der Waals surface area contributed by atoms with Gasteiger partial charge < -0.3 is 9.73 Å². The van der Waals surface area contributed by atoms with E-state index in [1.165, 1.54) is 17.6 Å². The minimum atomic E-state index is -0.586. The van der Waals surface area contributed by atoms with E-state index in [1.807, 2.05) is 0 Å². The molecular formula is C16H18N2O4. The van der Waals surface area contributed by atoms with Gasteiger partial charge in [-0.05, 0) is 38.0 Å². The lowest BCUT2D eigenvalue weighted by molar-refractivity contribution is -0.122. The standard InChI is InChI=1S/C16H18N2O4/c1-10(19)11-6-7-13-14(8-11)22-16(21)18(13)9-15(20)17-12-4-2-3-5-12/h6-8,12H,2-5,9H2,1H3,(H,17,20). The van der Waals surface area contributed by atoms with Gasteiger partial charge in [0.2, 0.25) is 5.91 Å². The summed E-state index contributed by atoms with van der Waals surface area (Å²) in [5, 5.41) is 2.94. The summed E-state index contributed by atoms with van der Waals surface area (Å²) >= 11 is 0. The summed E-state index contributed by atoms with van der Waals surface area (Å²) in [6.07, 6.45) is 4.25. The molecule has 1 amide bonds. The van der Waals surface area contributed by atoms with Crippen LogP contribution in [-0.2, 0) is 11.3 Å². The molecule has 1 aromatic carbocycles. The van der Waals surface area contributed by atoms with E-state index < -0.39 is 5.76 Å². The van der Waals surface area contributed by atoms with Crippen LogP contribution < -0.4 is 11.1 Å². The minimum absolute atomic E-state index is 0.0677. The van der Waals surface area contributed by atoms with E-state index in [2.05, 4.69) is 5.32 Å². The third-order valence-corrected chi connectivity index (χ3v) is 4.10. The number of benzene rings is 1. The molecule has 0 aliphatic heterocycles. The zero-order valence-electron chi connectivity index (χ0n) is 12.4. The zero-order chi connectivity index (χ0) is 15.7. The van der Waals surface area contributed by atoms with E-state index in [0.717, 1.165) is 25.7 Å². The zero-order valence-corrected chi connectivity index (χ0v) is 12.4. The summed E-state index contributed by atoms with van der Waals surface area (Å²) in [6, 6.07) is 5.01. The van der Waals surface area contributed by atoms with Crippen molar-refractivity contribution in [3.63, 3.8) is 0 Å². The topological polar surface area (TPSA) is 81.3 Å². The molecule has 1 aromatic heterocycles. The Morgan fingerprint density at radius 2 is 2.05 bits per heavy atom. The second kappa shape index (κ2) is 5.79. The number of nitrogens with zero attached hydrogens (tertiary/aromatic N) is 1. The third-order valence-electron chi connectivity index (χ3n) is 4.10. The molecule has 22 heavy (non-hydrogen) atoms. The van der Waals surface area contributed by atoms with Gasteiger partial charge in [-0.2, -0.15) is 0 Å². The summed E-state index contributed by atoms with van der Waals surface area (Å²) in [6.45, 7) is 1.38. The van der Waals surface area contributed by atoms with Crippen LogP contribution in [0.2, 0.25) is 0 Å². The molecule has 1 aliphatic carbocycles. The molecule has 1 fully saturated rings. The lowest BCUT2D eigenvalue weighted by Gasteiger charge is -2.11. The van der Waals surface area contributed by atoms with Crippen molar-refractivity contribution in [1.29, 1.82) is 0 Å². The van der Waals surface area contributed by atoms with Crippen molar-refractivity contribution < 1.29 is 14.0 Å². The number of rotatable bonds is 4. The highest BCUT2D eigenvalue weighted by Gasteiger charge is 2.19. The number of carbonyl (C=O) groups is 2. The van der Waals surface area contributed by atoms with Gasteiger partial charge in [0.25, 0.3) is 0 Å². The van der Waals surface area contributed by atoms with Gasteiger partial charge in [0, 0.05) is 11.6 Å². The highest BCUT2D eigenvalue weighted by Crippen LogP contribution is 2.18. The Balaban J connectivity index is 1.83. The van der Waals surface area contributed by atoms with Gasteiger partial charge in [-0.1, -0.05) is 12.8 Å². The first-order valence-corrected chi connectivity index (χ1v) is 7.48. The summed E-state index contributed by atoms with van der Waals surface area (Å²) < 4.78 is 6.43. The first-order chi connectivity index (χ1) is 10.5. The second-order valence-electron chi connectivity index (χ2n) is 5.74. The number of hydrogen-bond acceptors (Lipinski definition) is 4. The molecule has 6 nitrogen and oxygen atoms in total. The number of ketones is 1. The van der Waals surface area contributed by atoms with Crippen LogP contribution in [0.5, 0.6) is 0 Å². The molecule has 0 atom stereocenters. The molecule has 1 N–H and O–H groups in total. The molecule has 116 valence electrons. The van der Waals surface area contributed by atoms with Crippen LogP contribution in [0.1, 0.15) is 43.0 Å². The van der Waals surface area contributed by atoms with Gasteiger partial charge in [0.15, 0.2) is 11.4 Å². The van der Waals surface area contributed by atoms with E-state index in [0.29, 0.717) is 16.7 Å². The Bertz CT molecular complexity index is 781. The summed E-state index contributed by atoms with van der Waals surface area (Å²) in [7, 11) is 0. The van der Waals surface area contributed by atoms with Crippen molar-refractivity contribution in [3.8, 4) is 0 Å². The van der Waals surface area contributed by atoms with Crippen LogP contribution in [0.25, 0.3) is 11.1 Å². The maximum atomic E-state index is 12.1. The smallest absolute Gasteiger partial charge is 0.408 e. The fraction of sp³-hybridized carbons (Fsp3) is 0.438. The summed E-state index contributed by atoms with van der Waals surface area (Å²) in [5.74, 6) is -0.874. The molecule has 0 saturated heterocycles. The molecule has 3 rings (SSSR count). The number of aromatic nitrogens is 1. The van der Waals surface area contributed by atoms with Crippen LogP contribution in [0, 0.1) is 0 Å². The molecule has 0 spiro atoms. The van der Waals surface area contributed by atoms with E-state index >= 15 is 0 Å². The molecule has 0 radical (unpaired) electrons. The Labute approximate surface area is 127 Å². The number of carbonyl (C=O) groups excluding carboxylic acids is 2. The molecule has 1 heterocycles. The lowest BCUT2D eigenvalue weighted by atomic mass is 10.1. The number of oxazole rings is 1. The van der Waals surface area contributed by atoms with Crippen LogP contribution in [0.4, 0.5) is 0 Å². The van der Waals surface area contributed by atoms with Gasteiger partial charge in [0.05, 0.1) is 5.52 Å². The maximum absolute atomic E-state index is 12.1. The van der Waals surface area contributed by atoms with Gasteiger partial charge in [-0.3, -0.25) is 14.2 Å². The van der Waals surface area contributed by atoms with Crippen molar-refractivity contribution >= 4 is 22.8 Å². The van der Waals surface area contributed by atoms with Gasteiger partial charge >= 0.3 is 5.76 Å². The Morgan fingerprint density at radius 3 is 2.73 bits per heavy atom. The molecule has 1 aliphatic rings. The van der Waals surface area contributed by atoms with Gasteiger partial charge in [-0.15, -0.1) is 0 Å². The molecule has 0 unspecified atom stereocenters. The predicted molar refractivity (Wildman–Crippen MR) is 80.9 cm³/mol. The van der Waals surface area contributed by atoms with E-state index in [1.54, 1.807) is 12.1 Å². The number of Topliss-reactive ketones (excluding diaryl/α,β-unsaturated/α-hetero) is 1. The Morgan fingerprint density at radius 1 is 1.32 bits per heavy atom. The second-order valence-corrected chi connectivity index (χ2v) is 5.74. The molecule has 1 saturated carbocycles. The summed E-state index contributed by atoms with van der Waals surface area (Å²) in [5.41, 5.74) is 1.33. The highest BCUT2D eigenvalue weighted by atomic mass is 16.4. The Kier molecular flexibility index (Phi) is 3.83. The Hall–Kier alpha value is -2.37. The van der Waals surface area contributed by atoms with Crippen LogP contribution in [0.15, 0.2) is 27.4 Å². The van der Waals surface area contributed by atoms with Crippen molar-refractivity contribution in [1.82, 2.24) is 9.88 Å². The number of hydrogen-bond donors (Lipinski definition) is 1. The number of amides is 1. The SMILES string of the molecule is CC(=O)c1ccc2c(c1)oc(=O)n2CC(=O)NC1CCCC1. The first kappa shape index (κ1) is 14.6. The first-order valence-electron chi connectivity index (χ1n) is 7.48. The average Bonchev–Trinajstić information content (AvgIpc) is 3.07. The van der Waals surface area contributed by atoms with E-state index in [9.17, 15) is 14.4 Å². The largest absolute Gasteiger partial charge is 0.420 e. The van der Waals surface area contributed by atoms with Crippen LogP contribution >= 0.6 is 0 Å². The van der Waals surface area contributed by atoms with Crippen LogP contribution in [-0.4, -0.2) is 22.3 Å². The van der Waals surface area contributed by atoms with E-state index in [4.69, 9.17) is 4.42 Å². The quantitative estimate of drug-likeness (QED) is 0.874. The predicted octanol–water partition coefficient (Wildman–Crippen LogP) is 1.86. The van der Waals surface area contributed by atoms with Crippen molar-refractivity contribution in [2.24, 2.45) is 0 Å². The van der Waals surface area contributed by atoms with Crippen LogP contribution in [0.3, 0.4) is 0 Å². The maximum Gasteiger partial charge on any atom is 0.420 e. The number of nitrogens with one attached hydrogen (secondary N) is 1. The fourth-order valence-electron chi connectivity index (χ4n) is 2.92. The van der Waals surface area contributed by atoms with Gasteiger partial charge in [-0.25, -0.2) is 4.79 Å². The lowest BCUT2D eigenvalue weighted by Crippen LogP contribution is -2.36. The fourth-order valence-corrected chi connectivity index (χ4v) is 2.92. The monoisotopic (exact) mass is 302 g/mol. The summed E-state index contributed by atoms with van der Waals surface area (Å²) in [4.78, 5) is 35.4. The van der Waals surface area contributed by atoms with Gasteiger partial charge in [0.1, 0.15) is 6.54 Å². The highest BCUT2D eigenvalue weighted by molar-refractivity contribution is 5.97. The van der Waals surface area contributed by atoms with E-state index in [-0.39, 0.29) is 24.3 Å². The minimum Gasteiger partial charge on any atom is -0.408 e. The van der Waals surface area contributed by atoms with Crippen molar-refractivity contribution in [2.45, 2.75) is 45.2 Å². The normalized spacial score (nSPS) is 15.3. The average molecular weight is 302 g/mol. The van der Waals surface area contributed by atoms with Crippen molar-refractivity contribution in [3.05, 3.63) is 34.3 Å². The molecule has 6 heteroatoms. The molecule has 0 bridgehead atoms.